The summed E-state index contributed by atoms with van der Waals surface area (Å²) in [5.41, 5.74) is 11.0. The van der Waals surface area contributed by atoms with Crippen molar-refractivity contribution < 1.29 is 30.0 Å². The molecule has 8 heteroatoms. The van der Waals surface area contributed by atoms with E-state index in [2.05, 4.69) is 0 Å². The summed E-state index contributed by atoms with van der Waals surface area (Å²) in [5.74, 6) is -3.23. The third-order valence-corrected chi connectivity index (χ3v) is 4.74. The van der Waals surface area contributed by atoms with Crippen molar-refractivity contribution in [2.75, 3.05) is 11.5 Å². The van der Waals surface area contributed by atoms with Gasteiger partial charge in [0.05, 0.1) is 22.3 Å². The van der Waals surface area contributed by atoms with Crippen molar-refractivity contribution in [1.82, 2.24) is 0 Å². The molecule has 0 saturated carbocycles. The first-order valence-electron chi connectivity index (χ1n) is 8.11. The number of nitrogen functional groups attached to an aromatic ring is 2. The average Bonchev–Trinajstić information content (AvgIpc) is 2.65. The highest BCUT2D eigenvalue weighted by molar-refractivity contribution is 6.33. The summed E-state index contributed by atoms with van der Waals surface area (Å²) >= 11 is 0. The lowest BCUT2D eigenvalue weighted by molar-refractivity contribution is 0.0975. The van der Waals surface area contributed by atoms with E-state index in [1.807, 2.05) is 0 Å². The van der Waals surface area contributed by atoms with Gasteiger partial charge in [-0.05, 0) is 35.9 Å². The molecule has 3 aromatic rings. The Morgan fingerprint density at radius 3 is 1.89 bits per heavy atom. The molecule has 0 aromatic heterocycles. The van der Waals surface area contributed by atoms with E-state index in [1.165, 1.54) is 36.4 Å². The van der Waals surface area contributed by atoms with Gasteiger partial charge < -0.3 is 31.9 Å². The summed E-state index contributed by atoms with van der Waals surface area (Å²) < 4.78 is 0. The molecule has 140 valence electrons. The number of carbonyl (C=O) groups excluding carboxylic acids is 2. The highest BCUT2D eigenvalue weighted by atomic mass is 16.3. The second-order valence-electron chi connectivity index (χ2n) is 6.40. The standard InChI is InChI=1S/C20H14N2O6/c21-9-2-4-12(24)16-14(9)20(28)17-15(19(16)27)10(22)6-8(18(17)26)7-1-3-11(23)13(25)5-7/h1-6,23-26H,21-22H2. The number of phenolic OH excluding ortho intramolecular Hbond substituents is 4. The van der Waals surface area contributed by atoms with E-state index in [4.69, 9.17) is 11.5 Å². The predicted molar refractivity (Wildman–Crippen MR) is 101 cm³/mol. The average molecular weight is 378 g/mol. The van der Waals surface area contributed by atoms with Crippen LogP contribution in [0.25, 0.3) is 11.1 Å². The van der Waals surface area contributed by atoms with Gasteiger partial charge in [-0.3, -0.25) is 9.59 Å². The Morgan fingerprint density at radius 1 is 0.607 bits per heavy atom. The van der Waals surface area contributed by atoms with E-state index < -0.39 is 28.8 Å². The van der Waals surface area contributed by atoms with Crippen LogP contribution in [0, 0.1) is 0 Å². The number of anilines is 2. The molecule has 1 aliphatic rings. The number of hydrogen-bond donors (Lipinski definition) is 6. The molecule has 0 aliphatic heterocycles. The molecule has 0 saturated heterocycles. The number of aromatic hydroxyl groups is 4. The first-order chi connectivity index (χ1) is 13.2. The molecule has 0 fully saturated rings. The van der Waals surface area contributed by atoms with Gasteiger partial charge in [0.1, 0.15) is 11.5 Å². The maximum Gasteiger partial charge on any atom is 0.200 e. The zero-order valence-electron chi connectivity index (χ0n) is 14.2. The van der Waals surface area contributed by atoms with Gasteiger partial charge in [0.25, 0.3) is 0 Å². The summed E-state index contributed by atoms with van der Waals surface area (Å²) in [6, 6.07) is 7.55. The quantitative estimate of drug-likeness (QED) is 0.166. The lowest BCUT2D eigenvalue weighted by atomic mass is 9.80. The van der Waals surface area contributed by atoms with Crippen molar-refractivity contribution >= 4 is 22.9 Å². The zero-order valence-corrected chi connectivity index (χ0v) is 14.2. The Hall–Kier alpha value is -4.20. The van der Waals surface area contributed by atoms with Crippen molar-refractivity contribution in [2.45, 2.75) is 0 Å². The SMILES string of the molecule is Nc1ccc(O)c2c1C(=O)c1c(O)c(-c3ccc(O)c(O)c3)cc(N)c1C2=O. The number of benzene rings is 3. The Kier molecular flexibility index (Phi) is 3.47. The van der Waals surface area contributed by atoms with E-state index in [-0.39, 0.29) is 50.5 Å². The molecule has 8 nitrogen and oxygen atoms in total. The topological polar surface area (TPSA) is 167 Å². The fraction of sp³-hybridized carbons (Fsp3) is 0. The number of phenols is 4. The molecular weight excluding hydrogens is 364 g/mol. The van der Waals surface area contributed by atoms with Crippen LogP contribution in [0.4, 0.5) is 11.4 Å². The second kappa shape index (κ2) is 5.65. The maximum atomic E-state index is 13.1. The molecule has 4 rings (SSSR count). The van der Waals surface area contributed by atoms with Gasteiger partial charge in [-0.2, -0.15) is 0 Å². The number of carbonyl (C=O) groups is 2. The Bertz CT molecular complexity index is 1220. The van der Waals surface area contributed by atoms with E-state index in [0.29, 0.717) is 0 Å². The minimum absolute atomic E-state index is 0.0255. The van der Waals surface area contributed by atoms with Gasteiger partial charge >= 0.3 is 0 Å². The lowest BCUT2D eigenvalue weighted by Crippen LogP contribution is -2.24. The minimum atomic E-state index is -0.757. The van der Waals surface area contributed by atoms with Crippen LogP contribution in [0.5, 0.6) is 23.0 Å². The summed E-state index contributed by atoms with van der Waals surface area (Å²) in [5, 5.41) is 40.0. The normalized spacial score (nSPS) is 12.6. The molecule has 8 N–H and O–H groups in total. The third-order valence-electron chi connectivity index (χ3n) is 4.74. The van der Waals surface area contributed by atoms with Crippen LogP contribution in [-0.2, 0) is 0 Å². The van der Waals surface area contributed by atoms with Crippen molar-refractivity contribution in [3.8, 4) is 34.1 Å². The van der Waals surface area contributed by atoms with Gasteiger partial charge in [-0.1, -0.05) is 6.07 Å². The highest BCUT2D eigenvalue weighted by Crippen LogP contribution is 2.45. The van der Waals surface area contributed by atoms with E-state index in [1.54, 1.807) is 0 Å². The van der Waals surface area contributed by atoms with Crippen LogP contribution < -0.4 is 11.5 Å². The highest BCUT2D eigenvalue weighted by Gasteiger charge is 2.38. The fourth-order valence-corrected chi connectivity index (χ4v) is 3.40. The number of fused-ring (bicyclic) bond motifs is 2. The first-order valence-corrected chi connectivity index (χ1v) is 8.11. The smallest absolute Gasteiger partial charge is 0.200 e. The van der Waals surface area contributed by atoms with Crippen molar-refractivity contribution in [3.05, 3.63) is 58.7 Å². The molecule has 0 spiro atoms. The van der Waals surface area contributed by atoms with Crippen molar-refractivity contribution in [2.24, 2.45) is 0 Å². The van der Waals surface area contributed by atoms with E-state index >= 15 is 0 Å². The van der Waals surface area contributed by atoms with Crippen molar-refractivity contribution in [1.29, 1.82) is 0 Å². The van der Waals surface area contributed by atoms with Gasteiger partial charge in [-0.25, -0.2) is 0 Å². The minimum Gasteiger partial charge on any atom is -0.507 e. The second-order valence-corrected chi connectivity index (χ2v) is 6.40. The number of hydrogen-bond acceptors (Lipinski definition) is 8. The van der Waals surface area contributed by atoms with E-state index in [9.17, 15) is 30.0 Å². The summed E-state index contributed by atoms with van der Waals surface area (Å²) in [4.78, 5) is 26.0. The molecule has 0 radical (unpaired) electrons. The summed E-state index contributed by atoms with van der Waals surface area (Å²) in [6.07, 6.45) is 0. The fourth-order valence-electron chi connectivity index (χ4n) is 3.40. The number of rotatable bonds is 1. The largest absolute Gasteiger partial charge is 0.507 e. The van der Waals surface area contributed by atoms with Crippen LogP contribution in [0.2, 0.25) is 0 Å². The van der Waals surface area contributed by atoms with Crippen molar-refractivity contribution in [3.63, 3.8) is 0 Å². The number of nitrogens with two attached hydrogens (primary N) is 2. The molecule has 0 amide bonds. The zero-order chi connectivity index (χ0) is 20.3. The molecule has 3 aromatic carbocycles. The van der Waals surface area contributed by atoms with Gasteiger partial charge in [0.15, 0.2) is 11.5 Å². The molecule has 0 bridgehead atoms. The molecule has 0 heterocycles. The van der Waals surface area contributed by atoms with Crippen LogP contribution >= 0.6 is 0 Å². The first kappa shape index (κ1) is 17.2. The predicted octanol–water partition coefficient (Wildman–Crippen LogP) is 2.12. The van der Waals surface area contributed by atoms with Gasteiger partial charge in [0.2, 0.25) is 11.6 Å². The van der Waals surface area contributed by atoms with E-state index in [0.717, 1.165) is 0 Å². The monoisotopic (exact) mass is 378 g/mol. The molecular formula is C20H14N2O6. The van der Waals surface area contributed by atoms with Gasteiger partial charge in [-0.15, -0.1) is 0 Å². The molecule has 28 heavy (non-hydrogen) atoms. The summed E-state index contributed by atoms with van der Waals surface area (Å²) in [7, 11) is 0. The van der Waals surface area contributed by atoms with Gasteiger partial charge in [0, 0.05) is 16.9 Å². The summed E-state index contributed by atoms with van der Waals surface area (Å²) in [6.45, 7) is 0. The Morgan fingerprint density at radius 2 is 1.21 bits per heavy atom. The third kappa shape index (κ3) is 2.18. The molecule has 0 unspecified atom stereocenters. The van der Waals surface area contributed by atoms with Crippen LogP contribution in [0.15, 0.2) is 36.4 Å². The Labute approximate surface area is 157 Å². The molecule has 1 aliphatic carbocycles. The Balaban J connectivity index is 2.04. The van der Waals surface area contributed by atoms with Crippen LogP contribution in [-0.4, -0.2) is 32.0 Å². The van der Waals surface area contributed by atoms with Crippen LogP contribution in [0.1, 0.15) is 31.8 Å². The number of ketones is 2. The molecule has 0 atom stereocenters. The maximum absolute atomic E-state index is 13.1. The van der Waals surface area contributed by atoms with Crippen LogP contribution in [0.3, 0.4) is 0 Å². The lowest BCUT2D eigenvalue weighted by Gasteiger charge is -2.23.